The molecule has 1 saturated heterocycles. The van der Waals surface area contributed by atoms with Crippen molar-refractivity contribution in [1.29, 1.82) is 0 Å². The van der Waals surface area contributed by atoms with Gasteiger partial charge in [0, 0.05) is 61.9 Å². The van der Waals surface area contributed by atoms with Gasteiger partial charge in [0.2, 0.25) is 17.8 Å². The van der Waals surface area contributed by atoms with Gasteiger partial charge in [-0.2, -0.15) is 0 Å². The fourth-order valence-electron chi connectivity index (χ4n) is 4.52. The Hall–Kier alpha value is -4.79. The van der Waals surface area contributed by atoms with Gasteiger partial charge in [0.05, 0.1) is 12.1 Å². The molecule has 0 atom stereocenters. The summed E-state index contributed by atoms with van der Waals surface area (Å²) in [5, 5.41) is 6.01. The second kappa shape index (κ2) is 11.7. The van der Waals surface area contributed by atoms with Crippen LogP contribution < -0.4 is 15.5 Å². The summed E-state index contributed by atoms with van der Waals surface area (Å²) in [7, 11) is 0. The molecule has 1 aliphatic heterocycles. The van der Waals surface area contributed by atoms with Crippen molar-refractivity contribution in [3.63, 3.8) is 0 Å². The Kier molecular flexibility index (Phi) is 7.77. The minimum atomic E-state index is -0.340. The van der Waals surface area contributed by atoms with Crippen LogP contribution in [0.2, 0.25) is 0 Å². The molecule has 0 saturated carbocycles. The standard InChI is InChI=1S/C30H29FN6O2/c1-21(38)33-24-8-6-22(7-9-24)28-14-15-32-30(35-28)34-25-10-12-26(13-11-25)36-16-18-37(19-17-36)29(39)20-23-4-2-3-5-27(23)31/h2-15H,16-20H2,1H3,(H,33,38)(H,32,34,35). The number of aromatic nitrogens is 2. The highest BCUT2D eigenvalue weighted by Gasteiger charge is 2.22. The summed E-state index contributed by atoms with van der Waals surface area (Å²) in [4.78, 5) is 36.9. The average molecular weight is 525 g/mol. The Bertz CT molecular complexity index is 1450. The van der Waals surface area contributed by atoms with E-state index >= 15 is 0 Å². The highest BCUT2D eigenvalue weighted by Crippen LogP contribution is 2.24. The summed E-state index contributed by atoms with van der Waals surface area (Å²) in [6.07, 6.45) is 1.78. The number of halogens is 1. The van der Waals surface area contributed by atoms with E-state index in [1.807, 2.05) is 54.6 Å². The highest BCUT2D eigenvalue weighted by atomic mass is 19.1. The zero-order valence-corrected chi connectivity index (χ0v) is 21.6. The minimum absolute atomic E-state index is 0.0507. The van der Waals surface area contributed by atoms with Crippen LogP contribution in [0.1, 0.15) is 12.5 Å². The van der Waals surface area contributed by atoms with Gasteiger partial charge in [0.1, 0.15) is 5.82 Å². The number of hydrogen-bond acceptors (Lipinski definition) is 6. The van der Waals surface area contributed by atoms with Gasteiger partial charge in [-0.15, -0.1) is 0 Å². The number of benzene rings is 3. The molecule has 8 nitrogen and oxygen atoms in total. The SMILES string of the molecule is CC(=O)Nc1ccc(-c2ccnc(Nc3ccc(N4CCN(C(=O)Cc5ccccc5F)CC4)cc3)n2)cc1. The lowest BCUT2D eigenvalue weighted by Gasteiger charge is -2.36. The molecular formula is C30H29FN6O2. The molecule has 198 valence electrons. The number of anilines is 4. The number of piperazine rings is 1. The van der Waals surface area contributed by atoms with Crippen molar-refractivity contribution in [2.45, 2.75) is 13.3 Å². The lowest BCUT2D eigenvalue weighted by atomic mass is 10.1. The quantitative estimate of drug-likeness (QED) is 0.358. The molecular weight excluding hydrogens is 495 g/mol. The molecule has 2 heterocycles. The fraction of sp³-hybridized carbons (Fsp3) is 0.200. The number of carbonyl (C=O) groups excluding carboxylic acids is 2. The van der Waals surface area contributed by atoms with Crippen LogP contribution in [0.3, 0.4) is 0 Å². The third kappa shape index (κ3) is 6.56. The van der Waals surface area contributed by atoms with Gasteiger partial charge >= 0.3 is 0 Å². The summed E-state index contributed by atoms with van der Waals surface area (Å²) < 4.78 is 13.9. The number of amides is 2. The van der Waals surface area contributed by atoms with E-state index < -0.39 is 0 Å². The van der Waals surface area contributed by atoms with Gasteiger partial charge in [0.25, 0.3) is 0 Å². The Morgan fingerprint density at radius 2 is 1.56 bits per heavy atom. The van der Waals surface area contributed by atoms with Crippen molar-refractivity contribution >= 4 is 34.8 Å². The molecule has 2 amide bonds. The Labute approximate surface area is 226 Å². The van der Waals surface area contributed by atoms with Gasteiger partial charge in [0.15, 0.2) is 0 Å². The van der Waals surface area contributed by atoms with Crippen LogP contribution in [-0.2, 0) is 16.0 Å². The van der Waals surface area contributed by atoms with Crippen LogP contribution in [0, 0.1) is 5.82 Å². The van der Waals surface area contributed by atoms with Gasteiger partial charge in [-0.25, -0.2) is 14.4 Å². The maximum Gasteiger partial charge on any atom is 0.227 e. The lowest BCUT2D eigenvalue weighted by Crippen LogP contribution is -2.49. The predicted molar refractivity (Wildman–Crippen MR) is 150 cm³/mol. The first-order valence-corrected chi connectivity index (χ1v) is 12.8. The van der Waals surface area contributed by atoms with Crippen LogP contribution in [0.15, 0.2) is 85.1 Å². The third-order valence-corrected chi connectivity index (χ3v) is 6.58. The summed E-state index contributed by atoms with van der Waals surface area (Å²) in [6.45, 7) is 4.09. The van der Waals surface area contributed by atoms with Gasteiger partial charge in [-0.1, -0.05) is 30.3 Å². The molecule has 0 radical (unpaired) electrons. The number of hydrogen-bond donors (Lipinski definition) is 2. The molecule has 3 aromatic carbocycles. The molecule has 1 aromatic heterocycles. The van der Waals surface area contributed by atoms with Crippen LogP contribution in [0.4, 0.5) is 27.4 Å². The van der Waals surface area contributed by atoms with Gasteiger partial charge in [-0.05, 0) is 54.1 Å². The molecule has 0 bridgehead atoms. The zero-order valence-electron chi connectivity index (χ0n) is 21.6. The first kappa shape index (κ1) is 25.8. The van der Waals surface area contributed by atoms with Gasteiger partial charge in [-0.3, -0.25) is 9.59 Å². The summed E-state index contributed by atoms with van der Waals surface area (Å²) in [6, 6.07) is 23.8. The molecule has 9 heteroatoms. The highest BCUT2D eigenvalue weighted by molar-refractivity contribution is 5.89. The van der Waals surface area contributed by atoms with Crippen molar-refractivity contribution in [3.8, 4) is 11.3 Å². The summed E-state index contributed by atoms with van der Waals surface area (Å²) >= 11 is 0. The molecule has 4 aromatic rings. The number of carbonyl (C=O) groups is 2. The van der Waals surface area contributed by atoms with Gasteiger partial charge < -0.3 is 20.4 Å². The molecule has 0 unspecified atom stereocenters. The monoisotopic (exact) mass is 524 g/mol. The van der Waals surface area contributed by atoms with E-state index in [0.717, 1.165) is 28.3 Å². The van der Waals surface area contributed by atoms with E-state index in [-0.39, 0.29) is 24.1 Å². The van der Waals surface area contributed by atoms with Crippen LogP contribution >= 0.6 is 0 Å². The topological polar surface area (TPSA) is 90.5 Å². The van der Waals surface area contributed by atoms with E-state index in [1.165, 1.54) is 13.0 Å². The molecule has 0 aliphatic carbocycles. The van der Waals surface area contributed by atoms with Crippen LogP contribution in [0.5, 0.6) is 0 Å². The molecule has 5 rings (SSSR count). The van der Waals surface area contributed by atoms with Crippen molar-refractivity contribution in [2.75, 3.05) is 41.7 Å². The van der Waals surface area contributed by atoms with Crippen LogP contribution in [0.25, 0.3) is 11.3 Å². The average Bonchev–Trinajstić information content (AvgIpc) is 2.95. The molecule has 1 aliphatic rings. The maximum atomic E-state index is 13.9. The van der Waals surface area contributed by atoms with Crippen molar-refractivity contribution in [2.24, 2.45) is 0 Å². The molecule has 2 N–H and O–H groups in total. The zero-order chi connectivity index (χ0) is 27.2. The minimum Gasteiger partial charge on any atom is -0.368 e. The van der Waals surface area contributed by atoms with E-state index in [9.17, 15) is 14.0 Å². The predicted octanol–water partition coefficient (Wildman–Crippen LogP) is 4.88. The van der Waals surface area contributed by atoms with Crippen molar-refractivity contribution < 1.29 is 14.0 Å². The molecule has 0 spiro atoms. The number of nitrogens with one attached hydrogen (secondary N) is 2. The maximum absolute atomic E-state index is 13.9. The summed E-state index contributed by atoms with van der Waals surface area (Å²) in [5.41, 5.74) is 4.76. The Balaban J connectivity index is 1.16. The second-order valence-corrected chi connectivity index (χ2v) is 9.33. The smallest absolute Gasteiger partial charge is 0.227 e. The first-order chi connectivity index (χ1) is 18.9. The lowest BCUT2D eigenvalue weighted by molar-refractivity contribution is -0.130. The van der Waals surface area contributed by atoms with Crippen molar-refractivity contribution in [1.82, 2.24) is 14.9 Å². The first-order valence-electron chi connectivity index (χ1n) is 12.8. The number of rotatable bonds is 7. The van der Waals surface area contributed by atoms with E-state index in [4.69, 9.17) is 0 Å². The Morgan fingerprint density at radius 3 is 2.26 bits per heavy atom. The van der Waals surface area contributed by atoms with E-state index in [2.05, 4.69) is 25.5 Å². The largest absolute Gasteiger partial charge is 0.368 e. The second-order valence-electron chi connectivity index (χ2n) is 9.33. The third-order valence-electron chi connectivity index (χ3n) is 6.58. The molecule has 1 fully saturated rings. The van der Waals surface area contributed by atoms with E-state index in [1.54, 1.807) is 29.3 Å². The molecule has 39 heavy (non-hydrogen) atoms. The summed E-state index contributed by atoms with van der Waals surface area (Å²) in [5.74, 6) is -0.0256. The number of nitrogens with zero attached hydrogens (tertiary/aromatic N) is 4. The van der Waals surface area contributed by atoms with E-state index in [0.29, 0.717) is 37.7 Å². The van der Waals surface area contributed by atoms with Crippen LogP contribution in [-0.4, -0.2) is 52.9 Å². The normalized spacial score (nSPS) is 13.2. The van der Waals surface area contributed by atoms with Crippen molar-refractivity contribution in [3.05, 3.63) is 96.4 Å². The Morgan fingerprint density at radius 1 is 0.872 bits per heavy atom. The fourth-order valence-corrected chi connectivity index (χ4v) is 4.52.